The van der Waals surface area contributed by atoms with E-state index in [2.05, 4.69) is 42.7 Å². The molecule has 0 saturated carbocycles. The van der Waals surface area contributed by atoms with Crippen LogP contribution in [0.2, 0.25) is 0 Å². The molecule has 1 N–H and O–H groups in total. The van der Waals surface area contributed by atoms with Gasteiger partial charge in [0.15, 0.2) is 11.5 Å². The SMILES string of the molecule is COc1cc2c(cc1OC)C(c1sccc1CC(C)C)CNCC2. The van der Waals surface area contributed by atoms with Crippen LogP contribution in [0.5, 0.6) is 11.5 Å². The van der Waals surface area contributed by atoms with Gasteiger partial charge in [-0.2, -0.15) is 0 Å². The second-order valence-corrected chi connectivity index (χ2v) is 7.77. The Labute approximate surface area is 149 Å². The quantitative estimate of drug-likeness (QED) is 0.879. The molecule has 1 aliphatic heterocycles. The molecule has 0 aliphatic carbocycles. The van der Waals surface area contributed by atoms with Gasteiger partial charge >= 0.3 is 0 Å². The molecule has 3 nitrogen and oxygen atoms in total. The van der Waals surface area contributed by atoms with Crippen molar-refractivity contribution < 1.29 is 9.47 Å². The van der Waals surface area contributed by atoms with Gasteiger partial charge in [-0.15, -0.1) is 11.3 Å². The topological polar surface area (TPSA) is 30.5 Å². The maximum atomic E-state index is 5.56. The van der Waals surface area contributed by atoms with Crippen LogP contribution in [0.4, 0.5) is 0 Å². The molecule has 0 radical (unpaired) electrons. The number of methoxy groups -OCH3 is 2. The van der Waals surface area contributed by atoms with Crippen molar-refractivity contribution in [3.8, 4) is 11.5 Å². The Hall–Kier alpha value is -1.52. The molecule has 1 aliphatic rings. The first kappa shape index (κ1) is 17.3. The summed E-state index contributed by atoms with van der Waals surface area (Å²) in [5, 5.41) is 5.85. The molecule has 1 atom stereocenters. The Morgan fingerprint density at radius 2 is 1.96 bits per heavy atom. The fraction of sp³-hybridized carbons (Fsp3) is 0.500. The second kappa shape index (κ2) is 7.58. The van der Waals surface area contributed by atoms with Gasteiger partial charge < -0.3 is 14.8 Å². The number of ether oxygens (including phenoxy) is 2. The third-order valence-electron chi connectivity index (χ3n) is 4.67. The van der Waals surface area contributed by atoms with Crippen LogP contribution in [0.15, 0.2) is 23.6 Å². The highest BCUT2D eigenvalue weighted by atomic mass is 32.1. The molecular formula is C20H27NO2S. The Kier molecular flexibility index (Phi) is 5.47. The smallest absolute Gasteiger partial charge is 0.161 e. The molecule has 130 valence electrons. The minimum absolute atomic E-state index is 0.385. The molecule has 0 spiro atoms. The van der Waals surface area contributed by atoms with Crippen LogP contribution >= 0.6 is 11.3 Å². The van der Waals surface area contributed by atoms with Gasteiger partial charge in [0, 0.05) is 17.3 Å². The van der Waals surface area contributed by atoms with Crippen LogP contribution in [0, 0.1) is 5.92 Å². The average Bonchev–Trinajstić information content (AvgIpc) is 2.91. The molecule has 24 heavy (non-hydrogen) atoms. The van der Waals surface area contributed by atoms with Gasteiger partial charge in [-0.05, 0) is 65.6 Å². The number of thiophene rings is 1. The number of fused-ring (bicyclic) bond motifs is 1. The van der Waals surface area contributed by atoms with Gasteiger partial charge in [0.25, 0.3) is 0 Å². The summed E-state index contributed by atoms with van der Waals surface area (Å²) in [6, 6.07) is 6.64. The molecule has 0 fully saturated rings. The van der Waals surface area contributed by atoms with Crippen LogP contribution in [-0.2, 0) is 12.8 Å². The van der Waals surface area contributed by atoms with Crippen molar-refractivity contribution in [3.63, 3.8) is 0 Å². The van der Waals surface area contributed by atoms with Crippen LogP contribution in [0.25, 0.3) is 0 Å². The van der Waals surface area contributed by atoms with E-state index >= 15 is 0 Å². The van der Waals surface area contributed by atoms with Crippen LogP contribution in [0.1, 0.15) is 41.3 Å². The van der Waals surface area contributed by atoms with E-state index in [0.29, 0.717) is 11.8 Å². The molecular weight excluding hydrogens is 318 g/mol. The van der Waals surface area contributed by atoms with Crippen molar-refractivity contribution in [3.05, 3.63) is 45.1 Å². The fourth-order valence-corrected chi connectivity index (χ4v) is 4.61. The molecule has 2 aromatic rings. The number of benzene rings is 1. The fourth-order valence-electron chi connectivity index (χ4n) is 3.55. The zero-order chi connectivity index (χ0) is 17.1. The molecule has 0 amide bonds. The number of rotatable bonds is 5. The van der Waals surface area contributed by atoms with E-state index in [9.17, 15) is 0 Å². The lowest BCUT2D eigenvalue weighted by Crippen LogP contribution is -2.21. The van der Waals surface area contributed by atoms with E-state index in [1.165, 1.54) is 21.6 Å². The predicted molar refractivity (Wildman–Crippen MR) is 101 cm³/mol. The maximum Gasteiger partial charge on any atom is 0.161 e. The molecule has 1 aromatic heterocycles. The first-order valence-electron chi connectivity index (χ1n) is 8.65. The molecule has 4 heteroatoms. The zero-order valence-corrected chi connectivity index (χ0v) is 15.8. The third kappa shape index (κ3) is 3.45. The lowest BCUT2D eigenvalue weighted by molar-refractivity contribution is 0.354. The highest BCUT2D eigenvalue weighted by Crippen LogP contribution is 2.40. The Bertz CT molecular complexity index is 693. The summed E-state index contributed by atoms with van der Waals surface area (Å²) in [5.74, 6) is 2.70. The standard InChI is InChI=1S/C20H27NO2S/c1-13(2)9-15-6-8-24-20(15)17-12-21-7-5-14-10-18(22-3)19(23-4)11-16(14)17/h6,8,10-11,13,17,21H,5,7,9,12H2,1-4H3. The van der Waals surface area contributed by atoms with Gasteiger partial charge in [0.2, 0.25) is 0 Å². The van der Waals surface area contributed by atoms with Crippen molar-refractivity contribution in [1.82, 2.24) is 5.32 Å². The number of hydrogen-bond donors (Lipinski definition) is 1. The maximum absolute atomic E-state index is 5.56. The molecule has 3 rings (SSSR count). The minimum atomic E-state index is 0.385. The van der Waals surface area contributed by atoms with E-state index < -0.39 is 0 Å². The summed E-state index contributed by atoms with van der Waals surface area (Å²) in [4.78, 5) is 1.49. The first-order valence-corrected chi connectivity index (χ1v) is 9.53. The van der Waals surface area contributed by atoms with Gasteiger partial charge in [-0.1, -0.05) is 13.8 Å². The lowest BCUT2D eigenvalue weighted by atomic mass is 9.89. The number of nitrogens with one attached hydrogen (secondary N) is 1. The molecule has 1 unspecified atom stereocenters. The largest absolute Gasteiger partial charge is 0.493 e. The summed E-state index contributed by atoms with van der Waals surface area (Å²) in [7, 11) is 3.42. The Balaban J connectivity index is 2.06. The van der Waals surface area contributed by atoms with Crippen LogP contribution in [-0.4, -0.2) is 27.3 Å². The minimum Gasteiger partial charge on any atom is -0.493 e. The third-order valence-corrected chi connectivity index (χ3v) is 5.74. The molecule has 0 saturated heterocycles. The number of hydrogen-bond acceptors (Lipinski definition) is 4. The summed E-state index contributed by atoms with van der Waals surface area (Å²) in [5.41, 5.74) is 4.24. The van der Waals surface area contributed by atoms with Crippen molar-refractivity contribution >= 4 is 11.3 Å². The monoisotopic (exact) mass is 345 g/mol. The lowest BCUT2D eigenvalue weighted by Gasteiger charge is -2.21. The summed E-state index contributed by atoms with van der Waals surface area (Å²) in [6.45, 7) is 6.56. The Morgan fingerprint density at radius 3 is 2.67 bits per heavy atom. The van der Waals surface area contributed by atoms with Crippen molar-refractivity contribution in [2.75, 3.05) is 27.3 Å². The van der Waals surface area contributed by atoms with Crippen LogP contribution < -0.4 is 14.8 Å². The van der Waals surface area contributed by atoms with Gasteiger partial charge in [0.05, 0.1) is 14.2 Å². The molecule has 2 heterocycles. The van der Waals surface area contributed by atoms with Crippen LogP contribution in [0.3, 0.4) is 0 Å². The van der Waals surface area contributed by atoms with E-state index in [4.69, 9.17) is 9.47 Å². The summed E-state index contributed by atoms with van der Waals surface area (Å²) >= 11 is 1.88. The highest BCUT2D eigenvalue weighted by molar-refractivity contribution is 7.10. The zero-order valence-electron chi connectivity index (χ0n) is 15.0. The van der Waals surface area contributed by atoms with E-state index in [1.807, 2.05) is 11.3 Å². The van der Waals surface area contributed by atoms with E-state index in [0.717, 1.165) is 37.4 Å². The van der Waals surface area contributed by atoms with Gasteiger partial charge in [-0.25, -0.2) is 0 Å². The van der Waals surface area contributed by atoms with E-state index in [1.54, 1.807) is 14.2 Å². The van der Waals surface area contributed by atoms with Crippen molar-refractivity contribution in [2.45, 2.75) is 32.6 Å². The average molecular weight is 346 g/mol. The summed E-state index contributed by atoms with van der Waals surface area (Å²) < 4.78 is 11.1. The van der Waals surface area contributed by atoms with Gasteiger partial charge in [0.1, 0.15) is 0 Å². The Morgan fingerprint density at radius 1 is 1.21 bits per heavy atom. The second-order valence-electron chi connectivity index (χ2n) is 6.82. The van der Waals surface area contributed by atoms with Crippen molar-refractivity contribution in [1.29, 1.82) is 0 Å². The van der Waals surface area contributed by atoms with Crippen molar-refractivity contribution in [2.24, 2.45) is 5.92 Å². The normalized spacial score (nSPS) is 17.5. The summed E-state index contributed by atoms with van der Waals surface area (Å²) in [6.07, 6.45) is 2.16. The van der Waals surface area contributed by atoms with Gasteiger partial charge in [-0.3, -0.25) is 0 Å². The molecule has 0 bridgehead atoms. The molecule has 1 aromatic carbocycles. The van der Waals surface area contributed by atoms with E-state index in [-0.39, 0.29) is 0 Å². The predicted octanol–water partition coefficient (Wildman–Crippen LogP) is 4.24. The highest BCUT2D eigenvalue weighted by Gasteiger charge is 2.25. The first-order chi connectivity index (χ1) is 11.6.